The van der Waals surface area contributed by atoms with Gasteiger partial charge in [0.15, 0.2) is 16.7 Å². The van der Waals surface area contributed by atoms with Crippen LogP contribution in [0.1, 0.15) is 30.5 Å². The molecule has 5 rings (SSSR count). The third-order valence-electron chi connectivity index (χ3n) is 6.85. The molecular weight excluding hydrogens is 518 g/mol. The number of morpholine rings is 1. The molecule has 0 radical (unpaired) electrons. The lowest BCUT2D eigenvalue weighted by atomic mass is 9.93. The van der Waals surface area contributed by atoms with Crippen molar-refractivity contribution in [3.63, 3.8) is 0 Å². The second-order valence-corrected chi connectivity index (χ2v) is 10.1. The summed E-state index contributed by atoms with van der Waals surface area (Å²) >= 11 is 1.44. The summed E-state index contributed by atoms with van der Waals surface area (Å²) in [4.78, 5) is 35.4. The average molecular weight is 550 g/mol. The molecule has 1 saturated heterocycles. The standard InChI is InChI=1S/C29H31N3O6S/c1-19-26(28(34)38-17-20-7-5-4-6-8-20)27(21-9-10-23(35-2)24(15-21)36-3)32-22(18-39-29(32)30-19)16-25(33)31-11-13-37-14-12-31/h4-10,15,18,27H,11-14,16-17H2,1-3H3/t27-/m0/s1. The van der Waals surface area contributed by atoms with Crippen molar-refractivity contribution in [3.05, 3.63) is 82.0 Å². The van der Waals surface area contributed by atoms with Gasteiger partial charge in [-0.25, -0.2) is 9.79 Å². The van der Waals surface area contributed by atoms with Gasteiger partial charge >= 0.3 is 5.97 Å². The number of rotatable bonds is 8. The third-order valence-corrected chi connectivity index (χ3v) is 7.74. The normalized spacial score (nSPS) is 18.8. The van der Waals surface area contributed by atoms with E-state index in [0.717, 1.165) is 16.8 Å². The van der Waals surface area contributed by atoms with Crippen molar-refractivity contribution in [1.29, 1.82) is 0 Å². The number of methoxy groups -OCH3 is 2. The first-order chi connectivity index (χ1) is 19.0. The third kappa shape index (κ3) is 5.67. The number of amidine groups is 1. The van der Waals surface area contributed by atoms with Crippen LogP contribution in [0.2, 0.25) is 0 Å². The molecule has 9 nitrogen and oxygen atoms in total. The Kier molecular flexibility index (Phi) is 8.23. The van der Waals surface area contributed by atoms with Gasteiger partial charge in [-0.2, -0.15) is 0 Å². The molecule has 3 aliphatic heterocycles. The van der Waals surface area contributed by atoms with E-state index in [9.17, 15) is 9.59 Å². The Morgan fingerprint density at radius 1 is 1.05 bits per heavy atom. The van der Waals surface area contributed by atoms with Crippen molar-refractivity contribution < 1.29 is 28.5 Å². The highest BCUT2D eigenvalue weighted by Gasteiger charge is 2.42. The Hall–Kier alpha value is -3.76. The molecule has 2 aromatic carbocycles. The molecule has 0 saturated carbocycles. The largest absolute Gasteiger partial charge is 0.493 e. The summed E-state index contributed by atoms with van der Waals surface area (Å²) in [7, 11) is 3.15. The molecule has 0 aliphatic carbocycles. The number of carbonyl (C=O) groups excluding carboxylic acids is 2. The zero-order valence-electron chi connectivity index (χ0n) is 22.2. The fourth-order valence-corrected chi connectivity index (χ4v) is 5.81. The molecule has 2 aromatic rings. The van der Waals surface area contributed by atoms with Crippen LogP contribution in [0, 0.1) is 0 Å². The van der Waals surface area contributed by atoms with Crippen molar-refractivity contribution in [2.24, 2.45) is 4.99 Å². The number of hydrogen-bond donors (Lipinski definition) is 0. The zero-order valence-corrected chi connectivity index (χ0v) is 23.0. The van der Waals surface area contributed by atoms with Gasteiger partial charge in [-0.1, -0.05) is 48.2 Å². The van der Waals surface area contributed by atoms with Crippen molar-refractivity contribution >= 4 is 28.8 Å². The van der Waals surface area contributed by atoms with Gasteiger partial charge in [-0.05, 0) is 35.6 Å². The van der Waals surface area contributed by atoms with Crippen molar-refractivity contribution in [1.82, 2.24) is 9.80 Å². The van der Waals surface area contributed by atoms with E-state index in [2.05, 4.69) is 0 Å². The fraction of sp³-hybridized carbons (Fsp3) is 0.345. The lowest BCUT2D eigenvalue weighted by Crippen LogP contribution is -2.42. The molecule has 0 spiro atoms. The molecule has 204 valence electrons. The summed E-state index contributed by atoms with van der Waals surface area (Å²) in [6, 6.07) is 14.5. The highest BCUT2D eigenvalue weighted by molar-refractivity contribution is 8.16. The number of hydrogen-bond acceptors (Lipinski definition) is 9. The van der Waals surface area contributed by atoms with Gasteiger partial charge in [-0.3, -0.25) is 4.79 Å². The molecule has 10 heteroatoms. The summed E-state index contributed by atoms with van der Waals surface area (Å²) in [6.07, 6.45) is 0.182. The van der Waals surface area contributed by atoms with Crippen LogP contribution in [-0.2, 0) is 25.7 Å². The maximum Gasteiger partial charge on any atom is 0.338 e. The Morgan fingerprint density at radius 3 is 2.51 bits per heavy atom. The van der Waals surface area contributed by atoms with E-state index in [1.807, 2.05) is 70.7 Å². The van der Waals surface area contributed by atoms with Crippen LogP contribution in [0.4, 0.5) is 0 Å². The van der Waals surface area contributed by atoms with E-state index in [1.165, 1.54) is 11.8 Å². The first kappa shape index (κ1) is 26.8. The number of benzene rings is 2. The van der Waals surface area contributed by atoms with Gasteiger partial charge in [-0.15, -0.1) is 0 Å². The molecule has 3 heterocycles. The van der Waals surface area contributed by atoms with Crippen LogP contribution in [-0.4, -0.2) is 67.4 Å². The van der Waals surface area contributed by atoms with E-state index in [0.29, 0.717) is 54.2 Å². The number of fused-ring (bicyclic) bond motifs is 1. The minimum Gasteiger partial charge on any atom is -0.493 e. The Bertz CT molecular complexity index is 1330. The van der Waals surface area contributed by atoms with Crippen LogP contribution < -0.4 is 9.47 Å². The number of esters is 1. The molecule has 1 fully saturated rings. The second-order valence-electron chi connectivity index (χ2n) is 9.24. The van der Waals surface area contributed by atoms with E-state index in [1.54, 1.807) is 14.2 Å². The minimum absolute atomic E-state index is 0.0111. The molecule has 39 heavy (non-hydrogen) atoms. The zero-order chi connectivity index (χ0) is 27.4. The maximum absolute atomic E-state index is 13.7. The lowest BCUT2D eigenvalue weighted by molar-refractivity contribution is -0.141. The minimum atomic E-state index is -0.570. The summed E-state index contributed by atoms with van der Waals surface area (Å²) in [6.45, 7) is 4.14. The molecule has 1 atom stereocenters. The number of nitrogens with zero attached hydrogens (tertiary/aromatic N) is 3. The molecular formula is C29H31N3O6S. The van der Waals surface area contributed by atoms with Gasteiger partial charge in [0.25, 0.3) is 0 Å². The van der Waals surface area contributed by atoms with Crippen LogP contribution in [0.3, 0.4) is 0 Å². The first-order valence-electron chi connectivity index (χ1n) is 12.7. The molecule has 0 bridgehead atoms. The van der Waals surface area contributed by atoms with Crippen LogP contribution >= 0.6 is 11.8 Å². The van der Waals surface area contributed by atoms with Gasteiger partial charge in [0.2, 0.25) is 5.91 Å². The van der Waals surface area contributed by atoms with E-state index in [4.69, 9.17) is 23.9 Å². The summed E-state index contributed by atoms with van der Waals surface area (Å²) in [5.74, 6) is 0.663. The van der Waals surface area contributed by atoms with Crippen LogP contribution in [0.15, 0.2) is 75.9 Å². The molecule has 1 amide bonds. The van der Waals surface area contributed by atoms with Gasteiger partial charge < -0.3 is 28.7 Å². The highest BCUT2D eigenvalue weighted by atomic mass is 32.2. The van der Waals surface area contributed by atoms with Crippen LogP contribution in [0.25, 0.3) is 0 Å². The summed E-state index contributed by atoms with van der Waals surface area (Å²) < 4.78 is 22.2. The SMILES string of the molecule is COc1ccc([C@H]2C(C(=O)OCc3ccccc3)=C(C)N=C3SC=C(CC(=O)N4CCOCC4)N32)cc1OC. The Balaban J connectivity index is 1.49. The molecule has 0 unspecified atom stereocenters. The van der Waals surface area contributed by atoms with Crippen molar-refractivity contribution in [3.8, 4) is 11.5 Å². The van der Waals surface area contributed by atoms with Crippen molar-refractivity contribution in [2.45, 2.75) is 26.0 Å². The quantitative estimate of drug-likeness (QED) is 0.451. The topological polar surface area (TPSA) is 89.9 Å². The predicted molar refractivity (Wildman–Crippen MR) is 148 cm³/mol. The predicted octanol–water partition coefficient (Wildman–Crippen LogP) is 4.27. The molecule has 3 aliphatic rings. The first-order valence-corrected chi connectivity index (χ1v) is 13.6. The number of carbonyl (C=O) groups is 2. The Labute approximate surface area is 232 Å². The van der Waals surface area contributed by atoms with E-state index >= 15 is 0 Å². The smallest absolute Gasteiger partial charge is 0.338 e. The number of allylic oxidation sites excluding steroid dienone is 1. The summed E-state index contributed by atoms with van der Waals surface area (Å²) in [5.41, 5.74) is 3.43. The van der Waals surface area contributed by atoms with Gasteiger partial charge in [0.05, 0.1) is 51.2 Å². The number of ether oxygens (including phenoxy) is 4. The average Bonchev–Trinajstić information content (AvgIpc) is 3.37. The summed E-state index contributed by atoms with van der Waals surface area (Å²) in [5, 5.41) is 2.65. The Morgan fingerprint density at radius 2 is 1.79 bits per heavy atom. The number of aliphatic imine (C=N–C) groups is 1. The number of amides is 1. The fourth-order valence-electron chi connectivity index (χ4n) is 4.85. The van der Waals surface area contributed by atoms with E-state index in [-0.39, 0.29) is 18.9 Å². The van der Waals surface area contributed by atoms with E-state index < -0.39 is 12.0 Å². The number of thioether (sulfide) groups is 1. The van der Waals surface area contributed by atoms with Gasteiger partial charge in [0, 0.05) is 18.8 Å². The monoisotopic (exact) mass is 549 g/mol. The maximum atomic E-state index is 13.7. The lowest BCUT2D eigenvalue weighted by Gasteiger charge is -2.37. The van der Waals surface area contributed by atoms with Crippen LogP contribution in [0.5, 0.6) is 11.5 Å². The highest BCUT2D eigenvalue weighted by Crippen LogP contribution is 2.46. The molecule has 0 aromatic heterocycles. The second kappa shape index (κ2) is 12.0. The molecule has 0 N–H and O–H groups in total. The van der Waals surface area contributed by atoms with Gasteiger partial charge in [0.1, 0.15) is 6.61 Å². The van der Waals surface area contributed by atoms with Crippen molar-refractivity contribution in [2.75, 3.05) is 40.5 Å².